The lowest BCUT2D eigenvalue weighted by Gasteiger charge is -2.26. The molecule has 6 nitrogen and oxygen atoms in total. The van der Waals surface area contributed by atoms with Crippen molar-refractivity contribution in [2.24, 2.45) is 0 Å². The number of unbranched alkanes of at least 4 members (excludes halogenated alkanes) is 1. The van der Waals surface area contributed by atoms with Crippen LogP contribution in [0.3, 0.4) is 0 Å². The summed E-state index contributed by atoms with van der Waals surface area (Å²) in [6, 6.07) is 11.1. The summed E-state index contributed by atoms with van der Waals surface area (Å²) >= 11 is 0. The third kappa shape index (κ3) is 4.17. The van der Waals surface area contributed by atoms with E-state index in [0.29, 0.717) is 18.1 Å². The van der Waals surface area contributed by atoms with Gasteiger partial charge in [0.1, 0.15) is 24.2 Å². The van der Waals surface area contributed by atoms with Crippen LogP contribution in [0.25, 0.3) is 10.9 Å². The number of H-pyrrole nitrogens is 1. The molecule has 0 saturated carbocycles. The van der Waals surface area contributed by atoms with Gasteiger partial charge in [-0.15, -0.1) is 0 Å². The normalized spacial score (nSPS) is 15.7. The second-order valence-corrected chi connectivity index (χ2v) is 7.07. The predicted octanol–water partition coefficient (Wildman–Crippen LogP) is 3.63. The zero-order chi connectivity index (χ0) is 19.3. The summed E-state index contributed by atoms with van der Waals surface area (Å²) in [4.78, 5) is 3.33. The molecule has 6 heteroatoms. The largest absolute Gasteiger partial charge is 0.508 e. The number of aromatic amines is 1. The molecular formula is C22H26N2O4. The Morgan fingerprint density at radius 3 is 3.00 bits per heavy atom. The third-order valence-electron chi connectivity index (χ3n) is 5.04. The van der Waals surface area contributed by atoms with Gasteiger partial charge in [-0.05, 0) is 61.7 Å². The maximum atomic E-state index is 9.56. The molecule has 0 saturated heterocycles. The number of hydrogen-bond acceptors (Lipinski definition) is 5. The Balaban J connectivity index is 1.19. The molecule has 2 heterocycles. The van der Waals surface area contributed by atoms with E-state index in [1.807, 2.05) is 6.07 Å². The number of aromatic nitrogens is 1. The maximum absolute atomic E-state index is 9.56. The van der Waals surface area contributed by atoms with Crippen LogP contribution in [0.4, 0.5) is 0 Å². The van der Waals surface area contributed by atoms with Gasteiger partial charge in [0.05, 0.1) is 7.11 Å². The smallest absolute Gasteiger partial charge is 0.165 e. The quantitative estimate of drug-likeness (QED) is 0.519. The molecular weight excluding hydrogens is 356 g/mol. The van der Waals surface area contributed by atoms with Gasteiger partial charge in [0.25, 0.3) is 0 Å². The molecule has 1 aliphatic rings. The van der Waals surface area contributed by atoms with Crippen LogP contribution < -0.4 is 19.5 Å². The average molecular weight is 382 g/mol. The summed E-state index contributed by atoms with van der Waals surface area (Å²) in [5.41, 5.74) is 2.48. The molecule has 0 amide bonds. The lowest BCUT2D eigenvalue weighted by molar-refractivity contribution is 0.0901. The van der Waals surface area contributed by atoms with E-state index in [1.54, 1.807) is 25.3 Å². The number of benzene rings is 2. The summed E-state index contributed by atoms with van der Waals surface area (Å²) in [6.45, 7) is 2.17. The molecule has 0 fully saturated rings. The molecule has 0 bridgehead atoms. The Labute approximate surface area is 164 Å². The van der Waals surface area contributed by atoms with Crippen LogP contribution in [-0.2, 0) is 6.42 Å². The summed E-state index contributed by atoms with van der Waals surface area (Å²) in [7, 11) is 1.70. The molecule has 1 atom stereocenters. The Kier molecular flexibility index (Phi) is 5.58. The number of hydrogen-bond donors (Lipinski definition) is 3. The van der Waals surface area contributed by atoms with Gasteiger partial charge in [0.15, 0.2) is 11.5 Å². The third-order valence-corrected chi connectivity index (χ3v) is 5.04. The van der Waals surface area contributed by atoms with E-state index in [0.717, 1.165) is 43.6 Å². The number of aryl methyl sites for hydroxylation is 1. The molecule has 3 N–H and O–H groups in total. The second-order valence-electron chi connectivity index (χ2n) is 7.07. The first kappa shape index (κ1) is 18.5. The van der Waals surface area contributed by atoms with Crippen molar-refractivity contribution in [2.75, 3.05) is 26.8 Å². The van der Waals surface area contributed by atoms with Crippen LogP contribution >= 0.6 is 0 Å². The highest BCUT2D eigenvalue weighted by Crippen LogP contribution is 2.34. The van der Waals surface area contributed by atoms with Crippen molar-refractivity contribution in [2.45, 2.75) is 25.4 Å². The van der Waals surface area contributed by atoms with Gasteiger partial charge in [-0.1, -0.05) is 0 Å². The molecule has 28 heavy (non-hydrogen) atoms. The van der Waals surface area contributed by atoms with Gasteiger partial charge >= 0.3 is 0 Å². The van der Waals surface area contributed by atoms with Crippen molar-refractivity contribution < 1.29 is 19.3 Å². The van der Waals surface area contributed by atoms with Crippen molar-refractivity contribution in [1.82, 2.24) is 10.3 Å². The number of aromatic hydroxyl groups is 1. The SMILES string of the molecule is COc1ccc2[nH]cc(CCCCNCC3COc4ccc(O)cc4O3)c2c1. The fourth-order valence-electron chi connectivity index (χ4n) is 3.52. The topological polar surface area (TPSA) is 75.7 Å². The van der Waals surface area contributed by atoms with Gasteiger partial charge in [0, 0.05) is 29.7 Å². The van der Waals surface area contributed by atoms with Crippen molar-refractivity contribution in [3.05, 3.63) is 48.2 Å². The molecule has 4 rings (SSSR count). The molecule has 1 aliphatic heterocycles. The van der Waals surface area contributed by atoms with Crippen LogP contribution in [-0.4, -0.2) is 43.0 Å². The van der Waals surface area contributed by atoms with Gasteiger partial charge < -0.3 is 29.6 Å². The minimum absolute atomic E-state index is 0.0459. The second kappa shape index (κ2) is 8.44. The zero-order valence-electron chi connectivity index (χ0n) is 16.0. The fraction of sp³-hybridized carbons (Fsp3) is 0.364. The van der Waals surface area contributed by atoms with E-state index < -0.39 is 0 Å². The predicted molar refractivity (Wildman–Crippen MR) is 109 cm³/mol. The van der Waals surface area contributed by atoms with Gasteiger partial charge in [0.2, 0.25) is 0 Å². The molecule has 0 aliphatic carbocycles. The van der Waals surface area contributed by atoms with Gasteiger partial charge in [-0.2, -0.15) is 0 Å². The van der Waals surface area contributed by atoms with E-state index in [1.165, 1.54) is 10.9 Å². The van der Waals surface area contributed by atoms with E-state index in [2.05, 4.69) is 28.6 Å². The number of rotatable bonds is 8. The maximum Gasteiger partial charge on any atom is 0.165 e. The number of nitrogens with one attached hydrogen (secondary N) is 2. The van der Waals surface area contributed by atoms with Crippen LogP contribution in [0.1, 0.15) is 18.4 Å². The minimum Gasteiger partial charge on any atom is -0.508 e. The van der Waals surface area contributed by atoms with Crippen LogP contribution in [0.2, 0.25) is 0 Å². The number of phenols is 1. The van der Waals surface area contributed by atoms with E-state index in [9.17, 15) is 5.11 Å². The van der Waals surface area contributed by atoms with E-state index >= 15 is 0 Å². The highest BCUT2D eigenvalue weighted by atomic mass is 16.6. The molecule has 1 aromatic heterocycles. The number of phenolic OH excluding ortho intramolecular Hbond substituents is 1. The summed E-state index contributed by atoms with van der Waals surface area (Å²) in [5.74, 6) is 2.36. The van der Waals surface area contributed by atoms with Crippen LogP contribution in [0.5, 0.6) is 23.0 Å². The van der Waals surface area contributed by atoms with Gasteiger partial charge in [-0.3, -0.25) is 0 Å². The highest BCUT2D eigenvalue weighted by molar-refractivity contribution is 5.84. The Hall–Kier alpha value is -2.86. The summed E-state index contributed by atoms with van der Waals surface area (Å²) in [5, 5.41) is 14.2. The molecule has 1 unspecified atom stereocenters. The van der Waals surface area contributed by atoms with Crippen molar-refractivity contribution >= 4 is 10.9 Å². The highest BCUT2D eigenvalue weighted by Gasteiger charge is 2.20. The summed E-state index contributed by atoms with van der Waals surface area (Å²) < 4.78 is 16.9. The number of ether oxygens (including phenoxy) is 3. The van der Waals surface area contributed by atoms with Crippen LogP contribution in [0, 0.1) is 0 Å². The lowest BCUT2D eigenvalue weighted by Crippen LogP contribution is -2.38. The number of methoxy groups -OCH3 is 1. The lowest BCUT2D eigenvalue weighted by atomic mass is 10.1. The van der Waals surface area contributed by atoms with Crippen molar-refractivity contribution in [1.29, 1.82) is 0 Å². The van der Waals surface area contributed by atoms with E-state index in [4.69, 9.17) is 14.2 Å². The van der Waals surface area contributed by atoms with Gasteiger partial charge in [-0.25, -0.2) is 0 Å². The molecule has 148 valence electrons. The Morgan fingerprint density at radius 1 is 1.18 bits per heavy atom. The minimum atomic E-state index is -0.0459. The zero-order valence-corrected chi connectivity index (χ0v) is 16.0. The van der Waals surface area contributed by atoms with Crippen LogP contribution in [0.15, 0.2) is 42.6 Å². The van der Waals surface area contributed by atoms with E-state index in [-0.39, 0.29) is 11.9 Å². The van der Waals surface area contributed by atoms with Crippen molar-refractivity contribution in [3.8, 4) is 23.0 Å². The Morgan fingerprint density at radius 2 is 2.11 bits per heavy atom. The molecule has 3 aromatic rings. The first-order valence-corrected chi connectivity index (χ1v) is 9.70. The monoisotopic (exact) mass is 382 g/mol. The molecule has 2 aromatic carbocycles. The summed E-state index contributed by atoms with van der Waals surface area (Å²) in [6.07, 6.45) is 5.27. The fourth-order valence-corrected chi connectivity index (χ4v) is 3.52. The molecule has 0 radical (unpaired) electrons. The standard InChI is InChI=1S/C22H26N2O4/c1-26-17-6-7-20-19(11-17)15(12-24-20)4-2-3-9-23-13-18-14-27-21-8-5-16(25)10-22(21)28-18/h5-8,10-12,18,23-25H,2-4,9,13-14H2,1H3. The first-order valence-electron chi connectivity index (χ1n) is 9.70. The first-order chi connectivity index (χ1) is 13.7. The van der Waals surface area contributed by atoms with Crippen molar-refractivity contribution in [3.63, 3.8) is 0 Å². The average Bonchev–Trinajstić information content (AvgIpc) is 3.12. The Bertz CT molecular complexity index is 937. The number of fused-ring (bicyclic) bond motifs is 2. The molecule has 0 spiro atoms.